The van der Waals surface area contributed by atoms with Crippen molar-refractivity contribution in [1.29, 1.82) is 0 Å². The van der Waals surface area contributed by atoms with Gasteiger partial charge in [-0.2, -0.15) is 0 Å². The van der Waals surface area contributed by atoms with E-state index >= 15 is 0 Å². The summed E-state index contributed by atoms with van der Waals surface area (Å²) in [5.41, 5.74) is 1.52. The van der Waals surface area contributed by atoms with E-state index in [1.165, 1.54) is 23.0 Å². The molecule has 1 atom stereocenters. The molecule has 0 aliphatic carbocycles. The fourth-order valence-corrected chi connectivity index (χ4v) is 3.28. The number of rotatable bonds is 3. The van der Waals surface area contributed by atoms with Crippen LogP contribution in [0, 0.1) is 5.82 Å². The van der Waals surface area contributed by atoms with Crippen molar-refractivity contribution in [3.63, 3.8) is 0 Å². The summed E-state index contributed by atoms with van der Waals surface area (Å²) < 4.78 is 15.7. The molecule has 1 aromatic carbocycles. The number of hydrogen-bond acceptors (Lipinski definition) is 6. The third-order valence-corrected chi connectivity index (χ3v) is 4.69. The summed E-state index contributed by atoms with van der Waals surface area (Å²) in [4.78, 5) is 27.2. The van der Waals surface area contributed by atoms with Crippen LogP contribution in [0.2, 0.25) is 0 Å². The second-order valence-corrected chi connectivity index (χ2v) is 6.41. The van der Waals surface area contributed by atoms with Gasteiger partial charge in [-0.05, 0) is 12.1 Å². The van der Waals surface area contributed by atoms with E-state index in [0.29, 0.717) is 42.5 Å². The van der Waals surface area contributed by atoms with Crippen molar-refractivity contribution in [2.75, 3.05) is 24.5 Å². The first-order chi connectivity index (χ1) is 13.1. The normalized spacial score (nSPS) is 17.1. The van der Waals surface area contributed by atoms with Crippen molar-refractivity contribution in [1.82, 2.24) is 24.8 Å². The highest BCUT2D eigenvalue weighted by molar-refractivity contribution is 5.55. The SMILES string of the molecule is Cn1c(N2CCNC(c3ccccc3F)C2)nc(-c2ccncn2)cc1=O. The fourth-order valence-electron chi connectivity index (χ4n) is 3.28. The number of benzene rings is 1. The number of aromatic nitrogens is 4. The predicted molar refractivity (Wildman–Crippen MR) is 99.9 cm³/mol. The van der Waals surface area contributed by atoms with Gasteiger partial charge in [0.2, 0.25) is 5.95 Å². The summed E-state index contributed by atoms with van der Waals surface area (Å²) in [5.74, 6) is 0.299. The van der Waals surface area contributed by atoms with Crippen molar-refractivity contribution in [3.8, 4) is 11.4 Å². The van der Waals surface area contributed by atoms with Gasteiger partial charge < -0.3 is 10.2 Å². The number of nitrogens with zero attached hydrogens (tertiary/aromatic N) is 5. The molecule has 3 aromatic rings. The maximum Gasteiger partial charge on any atom is 0.255 e. The Kier molecular flexibility index (Phi) is 4.64. The molecule has 1 N–H and O–H groups in total. The molecule has 1 aliphatic rings. The Hall–Kier alpha value is -3.13. The smallest absolute Gasteiger partial charge is 0.255 e. The summed E-state index contributed by atoms with van der Waals surface area (Å²) in [5, 5.41) is 3.34. The molecule has 0 saturated carbocycles. The van der Waals surface area contributed by atoms with E-state index in [2.05, 4.69) is 20.3 Å². The van der Waals surface area contributed by atoms with Gasteiger partial charge in [0, 0.05) is 44.5 Å². The molecule has 1 saturated heterocycles. The molecular formula is C19H19FN6O. The third kappa shape index (κ3) is 3.43. The molecule has 4 rings (SSSR count). The highest BCUT2D eigenvalue weighted by atomic mass is 19.1. The van der Waals surface area contributed by atoms with Gasteiger partial charge in [0.1, 0.15) is 12.1 Å². The second kappa shape index (κ2) is 7.24. The monoisotopic (exact) mass is 366 g/mol. The topological polar surface area (TPSA) is 75.9 Å². The molecule has 0 bridgehead atoms. The molecule has 0 spiro atoms. The standard InChI is InChI=1S/C19H19FN6O/c1-25-18(27)10-16(15-6-7-21-12-23-15)24-19(25)26-9-8-22-17(11-26)13-4-2-3-5-14(13)20/h2-7,10,12,17,22H,8-9,11H2,1H3. The first kappa shape index (κ1) is 17.3. The van der Waals surface area contributed by atoms with E-state index in [-0.39, 0.29) is 17.4 Å². The number of halogens is 1. The Morgan fingerprint density at radius 2 is 2.07 bits per heavy atom. The van der Waals surface area contributed by atoms with Crippen LogP contribution in [0.15, 0.2) is 53.7 Å². The average Bonchev–Trinajstić information content (AvgIpc) is 2.71. The van der Waals surface area contributed by atoms with Crippen LogP contribution in [0.25, 0.3) is 11.4 Å². The van der Waals surface area contributed by atoms with Gasteiger partial charge in [0.15, 0.2) is 0 Å². The van der Waals surface area contributed by atoms with Crippen LogP contribution in [0.3, 0.4) is 0 Å². The first-order valence-corrected chi connectivity index (χ1v) is 8.70. The first-order valence-electron chi connectivity index (χ1n) is 8.70. The Labute approximate surface area is 155 Å². The maximum atomic E-state index is 14.2. The molecular weight excluding hydrogens is 347 g/mol. The van der Waals surface area contributed by atoms with Crippen molar-refractivity contribution >= 4 is 5.95 Å². The minimum atomic E-state index is -0.242. The van der Waals surface area contributed by atoms with Crippen LogP contribution in [-0.2, 0) is 7.05 Å². The molecule has 1 unspecified atom stereocenters. The van der Waals surface area contributed by atoms with Crippen LogP contribution in [-0.4, -0.2) is 39.2 Å². The van der Waals surface area contributed by atoms with Crippen LogP contribution in [0.4, 0.5) is 10.3 Å². The van der Waals surface area contributed by atoms with Crippen molar-refractivity contribution < 1.29 is 4.39 Å². The molecule has 1 aliphatic heterocycles. The van der Waals surface area contributed by atoms with Crippen molar-refractivity contribution in [2.24, 2.45) is 7.05 Å². The molecule has 138 valence electrons. The summed E-state index contributed by atoms with van der Waals surface area (Å²) >= 11 is 0. The zero-order chi connectivity index (χ0) is 18.8. The Balaban J connectivity index is 1.69. The average molecular weight is 366 g/mol. The Bertz CT molecular complexity index is 1010. The van der Waals surface area contributed by atoms with Gasteiger partial charge in [-0.15, -0.1) is 0 Å². The van der Waals surface area contributed by atoms with Crippen LogP contribution < -0.4 is 15.8 Å². The minimum absolute atomic E-state index is 0.172. The van der Waals surface area contributed by atoms with E-state index in [1.54, 1.807) is 31.4 Å². The van der Waals surface area contributed by atoms with Gasteiger partial charge in [0.05, 0.1) is 17.4 Å². The van der Waals surface area contributed by atoms with Crippen molar-refractivity contribution in [2.45, 2.75) is 6.04 Å². The zero-order valence-corrected chi connectivity index (χ0v) is 14.8. The second-order valence-electron chi connectivity index (χ2n) is 6.41. The fraction of sp³-hybridized carbons (Fsp3) is 0.263. The zero-order valence-electron chi connectivity index (χ0n) is 14.8. The lowest BCUT2D eigenvalue weighted by Gasteiger charge is -2.35. The highest BCUT2D eigenvalue weighted by Crippen LogP contribution is 2.23. The lowest BCUT2D eigenvalue weighted by atomic mass is 10.0. The molecule has 0 radical (unpaired) electrons. The van der Waals surface area contributed by atoms with Crippen molar-refractivity contribution in [3.05, 3.63) is 70.7 Å². The molecule has 27 heavy (non-hydrogen) atoms. The largest absolute Gasteiger partial charge is 0.339 e. The van der Waals surface area contributed by atoms with Crippen LogP contribution in [0.1, 0.15) is 11.6 Å². The molecule has 1 fully saturated rings. The lowest BCUT2D eigenvalue weighted by molar-refractivity contribution is 0.445. The quantitative estimate of drug-likeness (QED) is 0.758. The Morgan fingerprint density at radius 1 is 1.22 bits per heavy atom. The van der Waals surface area contributed by atoms with Crippen LogP contribution in [0.5, 0.6) is 0 Å². The predicted octanol–water partition coefficient (Wildman–Crippen LogP) is 1.53. The number of piperazine rings is 1. The van der Waals surface area contributed by atoms with Crippen LogP contribution >= 0.6 is 0 Å². The maximum absolute atomic E-state index is 14.2. The highest BCUT2D eigenvalue weighted by Gasteiger charge is 2.25. The van der Waals surface area contributed by atoms with Gasteiger partial charge in [-0.25, -0.2) is 19.3 Å². The molecule has 2 aromatic heterocycles. The lowest BCUT2D eigenvalue weighted by Crippen LogP contribution is -2.48. The van der Waals surface area contributed by atoms with E-state index in [0.717, 1.165) is 0 Å². The molecule has 8 heteroatoms. The van der Waals surface area contributed by atoms with Gasteiger partial charge in [0.25, 0.3) is 5.56 Å². The number of nitrogens with one attached hydrogen (secondary N) is 1. The van der Waals surface area contributed by atoms with Gasteiger partial charge >= 0.3 is 0 Å². The minimum Gasteiger partial charge on any atom is -0.339 e. The number of anilines is 1. The van der Waals surface area contributed by atoms with Gasteiger partial charge in [-0.1, -0.05) is 18.2 Å². The molecule has 7 nitrogen and oxygen atoms in total. The number of hydrogen-bond donors (Lipinski definition) is 1. The van der Waals surface area contributed by atoms with E-state index < -0.39 is 0 Å². The third-order valence-electron chi connectivity index (χ3n) is 4.69. The summed E-state index contributed by atoms with van der Waals surface area (Å²) in [7, 11) is 1.69. The van der Waals surface area contributed by atoms with Gasteiger partial charge in [-0.3, -0.25) is 9.36 Å². The van der Waals surface area contributed by atoms with E-state index in [1.807, 2.05) is 11.0 Å². The van der Waals surface area contributed by atoms with E-state index in [4.69, 9.17) is 0 Å². The summed E-state index contributed by atoms with van der Waals surface area (Å²) in [6, 6.07) is 9.73. The molecule has 0 amide bonds. The molecule has 3 heterocycles. The summed E-state index contributed by atoms with van der Waals surface area (Å²) in [6.07, 6.45) is 3.04. The Morgan fingerprint density at radius 3 is 2.85 bits per heavy atom. The van der Waals surface area contributed by atoms with E-state index in [9.17, 15) is 9.18 Å². The summed E-state index contributed by atoms with van der Waals surface area (Å²) in [6.45, 7) is 1.83.